The molecule has 2 saturated carbocycles. The molecule has 1 aromatic rings. The summed E-state index contributed by atoms with van der Waals surface area (Å²) in [7, 11) is 0. The molecule has 6 atom stereocenters. The molecule has 28 heavy (non-hydrogen) atoms. The fraction of sp³-hybridized carbons (Fsp3) is 0.474. The van der Waals surface area contributed by atoms with Gasteiger partial charge in [0.05, 0.1) is 17.4 Å². The van der Waals surface area contributed by atoms with Gasteiger partial charge in [-0.05, 0) is 42.9 Å². The number of carbonyl (C=O) groups is 4. The number of benzene rings is 1. The summed E-state index contributed by atoms with van der Waals surface area (Å²) in [6, 6.07) is 4.41. The zero-order valence-electron chi connectivity index (χ0n) is 14.9. The van der Waals surface area contributed by atoms with E-state index in [-0.39, 0.29) is 57.2 Å². The Balaban J connectivity index is 1.49. The second-order valence-electron chi connectivity index (χ2n) is 7.65. The number of carboxylic acid groups (broad SMARTS) is 1. The first-order valence-electron chi connectivity index (χ1n) is 8.98. The van der Waals surface area contributed by atoms with Crippen LogP contribution in [-0.2, 0) is 14.4 Å². The molecule has 148 valence electrons. The molecule has 0 aromatic heterocycles. The van der Waals surface area contributed by atoms with Crippen molar-refractivity contribution in [2.24, 2.45) is 23.7 Å². The number of anilines is 1. The number of nitrogens with one attached hydrogen (secondary N) is 1. The highest BCUT2D eigenvalue weighted by atomic mass is 79.9. The standard InChI is InChI=1S/C19H18Br2N2O5/c1-7-2-3-8(19(27)28)4-11(7)22-12(24)6-23-17(25)13-9-5-10(14(13)18(23)26)16(21)15(9)20/h2-4,9-10,13-16H,5-6H2,1H3,(H,22,24)(H,27,28)/t9-,10-,13-,14-,15-,16+/m1/s1. The fourth-order valence-electron chi connectivity index (χ4n) is 4.79. The van der Waals surface area contributed by atoms with Crippen LogP contribution in [0.4, 0.5) is 5.69 Å². The number of carbonyl (C=O) groups excluding carboxylic acids is 3. The summed E-state index contributed by atoms with van der Waals surface area (Å²) < 4.78 is 0. The molecule has 2 N–H and O–H groups in total. The number of aryl methyl sites for hydroxylation is 1. The molecule has 0 radical (unpaired) electrons. The zero-order valence-corrected chi connectivity index (χ0v) is 18.1. The number of imide groups is 1. The van der Waals surface area contributed by atoms with Gasteiger partial charge in [0.15, 0.2) is 0 Å². The van der Waals surface area contributed by atoms with E-state index >= 15 is 0 Å². The lowest BCUT2D eigenvalue weighted by Crippen LogP contribution is -2.39. The number of amides is 3. The van der Waals surface area contributed by atoms with E-state index in [0.29, 0.717) is 11.3 Å². The van der Waals surface area contributed by atoms with Crippen LogP contribution < -0.4 is 5.32 Å². The van der Waals surface area contributed by atoms with E-state index < -0.39 is 11.9 Å². The van der Waals surface area contributed by atoms with Gasteiger partial charge in [0.1, 0.15) is 6.54 Å². The van der Waals surface area contributed by atoms with Gasteiger partial charge in [-0.25, -0.2) is 4.79 Å². The molecule has 0 unspecified atom stereocenters. The monoisotopic (exact) mass is 512 g/mol. The first-order chi connectivity index (χ1) is 13.2. The molecule has 9 heteroatoms. The van der Waals surface area contributed by atoms with Crippen LogP contribution in [0.25, 0.3) is 0 Å². The molecule has 4 rings (SSSR count). The largest absolute Gasteiger partial charge is 0.478 e. The Morgan fingerprint density at radius 3 is 2.25 bits per heavy atom. The van der Waals surface area contributed by atoms with Crippen LogP contribution >= 0.6 is 31.9 Å². The lowest BCUT2D eigenvalue weighted by molar-refractivity contribution is -0.143. The van der Waals surface area contributed by atoms with Crippen molar-refractivity contribution in [3.05, 3.63) is 29.3 Å². The quantitative estimate of drug-likeness (QED) is 0.475. The van der Waals surface area contributed by atoms with Crippen molar-refractivity contribution in [2.75, 3.05) is 11.9 Å². The van der Waals surface area contributed by atoms with Crippen molar-refractivity contribution in [3.8, 4) is 0 Å². The predicted molar refractivity (Wildman–Crippen MR) is 107 cm³/mol. The third-order valence-corrected chi connectivity index (χ3v) is 9.35. The van der Waals surface area contributed by atoms with E-state index in [1.54, 1.807) is 13.0 Å². The van der Waals surface area contributed by atoms with Gasteiger partial charge >= 0.3 is 5.97 Å². The lowest BCUT2D eigenvalue weighted by Gasteiger charge is -2.28. The maximum absolute atomic E-state index is 12.8. The second-order valence-corrected chi connectivity index (χ2v) is 9.76. The summed E-state index contributed by atoms with van der Waals surface area (Å²) in [5.74, 6) is -2.71. The van der Waals surface area contributed by atoms with E-state index in [1.807, 2.05) is 0 Å². The summed E-state index contributed by atoms with van der Waals surface area (Å²) >= 11 is 7.26. The van der Waals surface area contributed by atoms with Crippen molar-refractivity contribution in [2.45, 2.75) is 23.0 Å². The summed E-state index contributed by atoms with van der Waals surface area (Å²) in [6.07, 6.45) is 0.833. The van der Waals surface area contributed by atoms with Crippen molar-refractivity contribution in [1.82, 2.24) is 4.90 Å². The SMILES string of the molecule is Cc1ccc(C(=O)O)cc1NC(=O)CN1C(=O)[C@@H]2[C@H]3C[C@@H]([C@@H](Br)[C@H]3Br)[C@H]2C1=O. The van der Waals surface area contributed by atoms with Gasteiger partial charge in [0.25, 0.3) is 0 Å². The molecule has 1 aromatic carbocycles. The van der Waals surface area contributed by atoms with E-state index in [4.69, 9.17) is 5.11 Å². The normalized spacial score (nSPS) is 33.3. The maximum Gasteiger partial charge on any atom is 0.335 e. The third kappa shape index (κ3) is 2.90. The minimum atomic E-state index is -1.10. The lowest BCUT2D eigenvalue weighted by atomic mass is 9.81. The molecular weight excluding hydrogens is 496 g/mol. The number of halogens is 2. The van der Waals surface area contributed by atoms with Crippen molar-refractivity contribution >= 4 is 61.2 Å². The van der Waals surface area contributed by atoms with E-state index in [1.165, 1.54) is 12.1 Å². The molecule has 7 nitrogen and oxygen atoms in total. The minimum Gasteiger partial charge on any atom is -0.478 e. The summed E-state index contributed by atoms with van der Waals surface area (Å²) in [5, 5.41) is 11.7. The highest BCUT2D eigenvalue weighted by Gasteiger charge is 2.66. The highest BCUT2D eigenvalue weighted by Crippen LogP contribution is 2.60. The number of rotatable bonds is 4. The van der Waals surface area contributed by atoms with Crippen LogP contribution in [0.2, 0.25) is 0 Å². The van der Waals surface area contributed by atoms with Gasteiger partial charge in [0.2, 0.25) is 17.7 Å². The highest BCUT2D eigenvalue weighted by molar-refractivity contribution is 9.12. The van der Waals surface area contributed by atoms with E-state index in [0.717, 1.165) is 11.3 Å². The van der Waals surface area contributed by atoms with Crippen LogP contribution in [0.5, 0.6) is 0 Å². The van der Waals surface area contributed by atoms with Gasteiger partial charge in [0, 0.05) is 15.3 Å². The number of hydrogen-bond donors (Lipinski definition) is 2. The summed E-state index contributed by atoms with van der Waals surface area (Å²) in [5.41, 5.74) is 1.09. The number of carboxylic acids is 1. The number of hydrogen-bond acceptors (Lipinski definition) is 4. The number of aromatic carboxylic acids is 1. The molecule has 2 bridgehead atoms. The van der Waals surface area contributed by atoms with Crippen LogP contribution in [0.1, 0.15) is 22.3 Å². The minimum absolute atomic E-state index is 0.0482. The summed E-state index contributed by atoms with van der Waals surface area (Å²) in [4.78, 5) is 50.7. The van der Waals surface area contributed by atoms with Crippen LogP contribution in [0.3, 0.4) is 0 Å². The molecule has 1 heterocycles. The van der Waals surface area contributed by atoms with Crippen LogP contribution in [0.15, 0.2) is 18.2 Å². The zero-order chi connectivity index (χ0) is 20.3. The van der Waals surface area contributed by atoms with Crippen LogP contribution in [0, 0.1) is 30.6 Å². The molecule has 1 saturated heterocycles. The van der Waals surface area contributed by atoms with Crippen molar-refractivity contribution in [1.29, 1.82) is 0 Å². The van der Waals surface area contributed by atoms with Gasteiger partial charge in [-0.3, -0.25) is 19.3 Å². The Morgan fingerprint density at radius 1 is 1.14 bits per heavy atom. The number of likely N-dealkylation sites (tertiary alicyclic amines) is 1. The maximum atomic E-state index is 12.8. The fourth-order valence-corrected chi connectivity index (χ4v) is 6.66. The Bertz CT molecular complexity index is 872. The smallest absolute Gasteiger partial charge is 0.335 e. The number of fused-ring (bicyclic) bond motifs is 5. The molecule has 3 aliphatic rings. The molecule has 2 aliphatic carbocycles. The number of alkyl halides is 2. The average molecular weight is 514 g/mol. The van der Waals surface area contributed by atoms with Gasteiger partial charge in [-0.2, -0.15) is 0 Å². The van der Waals surface area contributed by atoms with Crippen molar-refractivity contribution < 1.29 is 24.3 Å². The third-order valence-electron chi connectivity index (χ3n) is 6.14. The Kier molecular flexibility index (Phi) is 4.86. The first-order valence-corrected chi connectivity index (χ1v) is 10.8. The Hall–Kier alpha value is -1.74. The topological polar surface area (TPSA) is 104 Å². The van der Waals surface area contributed by atoms with Crippen molar-refractivity contribution in [3.63, 3.8) is 0 Å². The number of nitrogens with zero attached hydrogens (tertiary/aromatic N) is 1. The molecule has 3 amide bonds. The average Bonchev–Trinajstić information content (AvgIpc) is 3.24. The second kappa shape index (κ2) is 6.95. The first kappa shape index (κ1) is 19.6. The molecule has 1 aliphatic heterocycles. The van der Waals surface area contributed by atoms with Gasteiger partial charge in [-0.1, -0.05) is 37.9 Å². The van der Waals surface area contributed by atoms with E-state index in [9.17, 15) is 19.2 Å². The predicted octanol–water partition coefficient (Wildman–Crippen LogP) is 2.41. The molecule has 0 spiro atoms. The van der Waals surface area contributed by atoms with Crippen LogP contribution in [-0.4, -0.2) is 49.9 Å². The van der Waals surface area contributed by atoms with E-state index in [2.05, 4.69) is 37.2 Å². The molecule has 3 fully saturated rings. The van der Waals surface area contributed by atoms with Gasteiger partial charge in [-0.15, -0.1) is 0 Å². The Labute approximate surface area is 178 Å². The molecular formula is C19H18Br2N2O5. The van der Waals surface area contributed by atoms with Gasteiger partial charge < -0.3 is 10.4 Å². The summed E-state index contributed by atoms with van der Waals surface area (Å²) in [6.45, 7) is 1.38. The Morgan fingerprint density at radius 2 is 1.71 bits per heavy atom.